The largest absolute Gasteiger partial charge is 0.395 e. The Morgan fingerprint density at radius 2 is 1.59 bits per heavy atom. The maximum atomic E-state index is 9.09. The van der Waals surface area contributed by atoms with Crippen LogP contribution in [-0.2, 0) is 0 Å². The van der Waals surface area contributed by atoms with E-state index < -0.39 is 0 Å². The SMILES string of the molecule is CC(CO)NCC12CC3CC(CC(C3)C1)C2.Cl. The Balaban J connectivity index is 0.00000108. The van der Waals surface area contributed by atoms with Crippen LogP contribution >= 0.6 is 12.4 Å². The maximum absolute atomic E-state index is 9.09. The molecular weight excluding hydrogens is 234 g/mol. The molecule has 0 amide bonds. The molecule has 0 spiro atoms. The van der Waals surface area contributed by atoms with Gasteiger partial charge in [0.25, 0.3) is 0 Å². The third-order valence-corrected chi connectivity index (χ3v) is 5.26. The van der Waals surface area contributed by atoms with Crippen LogP contribution in [0.3, 0.4) is 0 Å². The number of aliphatic hydroxyl groups is 1. The minimum atomic E-state index is 0. The lowest BCUT2D eigenvalue weighted by Crippen LogP contribution is -2.51. The number of hydrogen-bond acceptors (Lipinski definition) is 2. The van der Waals surface area contributed by atoms with Gasteiger partial charge in [0.15, 0.2) is 0 Å². The first-order valence-corrected chi connectivity index (χ1v) is 7.03. The molecule has 4 rings (SSSR count). The number of nitrogens with one attached hydrogen (secondary N) is 1. The van der Waals surface area contributed by atoms with Gasteiger partial charge in [0.1, 0.15) is 0 Å². The second-order valence-corrected chi connectivity index (χ2v) is 6.88. The molecule has 1 atom stereocenters. The van der Waals surface area contributed by atoms with Crippen molar-refractivity contribution in [3.8, 4) is 0 Å². The lowest BCUT2D eigenvalue weighted by Gasteiger charge is -2.57. The molecule has 0 aromatic rings. The van der Waals surface area contributed by atoms with E-state index in [0.717, 1.165) is 24.3 Å². The molecule has 17 heavy (non-hydrogen) atoms. The van der Waals surface area contributed by atoms with Gasteiger partial charge in [-0.2, -0.15) is 0 Å². The van der Waals surface area contributed by atoms with Crippen molar-refractivity contribution in [2.24, 2.45) is 23.2 Å². The van der Waals surface area contributed by atoms with Gasteiger partial charge >= 0.3 is 0 Å². The van der Waals surface area contributed by atoms with Gasteiger partial charge in [0, 0.05) is 12.6 Å². The highest BCUT2D eigenvalue weighted by molar-refractivity contribution is 5.85. The number of hydrogen-bond donors (Lipinski definition) is 2. The number of halogens is 1. The van der Waals surface area contributed by atoms with E-state index in [-0.39, 0.29) is 25.1 Å². The Kier molecular flexibility index (Phi) is 4.06. The summed E-state index contributed by atoms with van der Waals surface area (Å²) >= 11 is 0. The molecule has 2 nitrogen and oxygen atoms in total. The lowest BCUT2D eigenvalue weighted by atomic mass is 9.49. The van der Waals surface area contributed by atoms with Crippen molar-refractivity contribution in [2.75, 3.05) is 13.2 Å². The van der Waals surface area contributed by atoms with E-state index in [9.17, 15) is 0 Å². The van der Waals surface area contributed by atoms with Crippen LogP contribution in [0.25, 0.3) is 0 Å². The summed E-state index contributed by atoms with van der Waals surface area (Å²) in [7, 11) is 0. The average Bonchev–Trinajstić information content (AvgIpc) is 2.24. The zero-order valence-corrected chi connectivity index (χ0v) is 11.6. The molecule has 3 heteroatoms. The fourth-order valence-electron chi connectivity index (χ4n) is 4.96. The van der Waals surface area contributed by atoms with Gasteiger partial charge in [-0.3, -0.25) is 0 Å². The van der Waals surface area contributed by atoms with Crippen molar-refractivity contribution in [2.45, 2.75) is 51.5 Å². The van der Waals surface area contributed by atoms with Gasteiger partial charge in [0.2, 0.25) is 0 Å². The second-order valence-electron chi connectivity index (χ2n) is 6.88. The van der Waals surface area contributed by atoms with Crippen LogP contribution in [0.4, 0.5) is 0 Å². The molecular formula is C14H26ClNO. The van der Waals surface area contributed by atoms with Crippen molar-refractivity contribution < 1.29 is 5.11 Å². The van der Waals surface area contributed by atoms with Crippen molar-refractivity contribution in [3.05, 3.63) is 0 Å². The van der Waals surface area contributed by atoms with Crippen molar-refractivity contribution in [3.63, 3.8) is 0 Å². The molecule has 0 aromatic carbocycles. The van der Waals surface area contributed by atoms with E-state index in [1.54, 1.807) is 0 Å². The minimum absolute atomic E-state index is 0. The van der Waals surface area contributed by atoms with E-state index in [2.05, 4.69) is 12.2 Å². The van der Waals surface area contributed by atoms with Crippen LogP contribution in [0.2, 0.25) is 0 Å². The molecule has 4 aliphatic rings. The standard InChI is InChI=1S/C14H25NO.ClH/c1-10(8-16)15-9-14-5-11-2-12(6-14)4-13(3-11)7-14;/h10-13,15-16H,2-9H2,1H3;1H. The van der Waals surface area contributed by atoms with E-state index in [1.165, 1.54) is 38.5 Å². The van der Waals surface area contributed by atoms with Crippen LogP contribution in [0.1, 0.15) is 45.4 Å². The Bertz CT molecular complexity index is 234. The van der Waals surface area contributed by atoms with Crippen LogP contribution < -0.4 is 5.32 Å². The van der Waals surface area contributed by atoms with Crippen LogP contribution in [-0.4, -0.2) is 24.3 Å². The molecule has 100 valence electrons. The van der Waals surface area contributed by atoms with Crippen LogP contribution in [0, 0.1) is 23.2 Å². The van der Waals surface area contributed by atoms with E-state index in [1.807, 2.05) is 0 Å². The van der Waals surface area contributed by atoms with E-state index in [0.29, 0.717) is 5.41 Å². The highest BCUT2D eigenvalue weighted by atomic mass is 35.5. The molecule has 0 aliphatic heterocycles. The Morgan fingerprint density at radius 3 is 2.00 bits per heavy atom. The number of rotatable bonds is 4. The molecule has 0 saturated heterocycles. The molecule has 4 aliphatic carbocycles. The molecule has 4 fully saturated rings. The van der Waals surface area contributed by atoms with Crippen LogP contribution in [0.15, 0.2) is 0 Å². The molecule has 2 N–H and O–H groups in total. The Labute approximate surface area is 111 Å². The smallest absolute Gasteiger partial charge is 0.0581 e. The normalized spacial score (nSPS) is 44.5. The van der Waals surface area contributed by atoms with Gasteiger partial charge in [-0.05, 0) is 68.6 Å². The Hall–Kier alpha value is 0.210. The van der Waals surface area contributed by atoms with Crippen molar-refractivity contribution in [1.82, 2.24) is 5.32 Å². The first-order valence-electron chi connectivity index (χ1n) is 7.03. The molecule has 1 unspecified atom stereocenters. The summed E-state index contributed by atoms with van der Waals surface area (Å²) in [6, 6.07) is 0.271. The predicted molar refractivity (Wildman–Crippen MR) is 72.4 cm³/mol. The summed E-state index contributed by atoms with van der Waals surface area (Å²) in [6.45, 7) is 3.51. The molecule has 4 bridgehead atoms. The summed E-state index contributed by atoms with van der Waals surface area (Å²) < 4.78 is 0. The van der Waals surface area contributed by atoms with Gasteiger partial charge in [-0.25, -0.2) is 0 Å². The second kappa shape index (κ2) is 5.07. The Morgan fingerprint density at radius 1 is 1.12 bits per heavy atom. The molecule has 4 saturated carbocycles. The predicted octanol–water partition coefficient (Wildman–Crippen LogP) is 2.60. The summed E-state index contributed by atoms with van der Waals surface area (Å²) in [6.07, 6.45) is 8.96. The third kappa shape index (κ3) is 2.64. The molecule has 0 aromatic heterocycles. The fraction of sp³-hybridized carbons (Fsp3) is 1.00. The van der Waals surface area contributed by atoms with Gasteiger partial charge in [-0.15, -0.1) is 12.4 Å². The highest BCUT2D eigenvalue weighted by Crippen LogP contribution is 2.59. The van der Waals surface area contributed by atoms with E-state index in [4.69, 9.17) is 5.11 Å². The van der Waals surface area contributed by atoms with Crippen molar-refractivity contribution >= 4 is 12.4 Å². The zero-order valence-electron chi connectivity index (χ0n) is 10.8. The topological polar surface area (TPSA) is 32.3 Å². The average molecular weight is 260 g/mol. The molecule has 0 radical (unpaired) electrons. The quantitative estimate of drug-likeness (QED) is 0.814. The summed E-state index contributed by atoms with van der Waals surface area (Å²) in [5.41, 5.74) is 0.609. The fourth-order valence-corrected chi connectivity index (χ4v) is 4.96. The molecule has 0 heterocycles. The summed E-state index contributed by atoms with van der Waals surface area (Å²) in [4.78, 5) is 0. The maximum Gasteiger partial charge on any atom is 0.0581 e. The van der Waals surface area contributed by atoms with Crippen molar-refractivity contribution in [1.29, 1.82) is 0 Å². The first-order chi connectivity index (χ1) is 7.69. The minimum Gasteiger partial charge on any atom is -0.395 e. The van der Waals surface area contributed by atoms with Gasteiger partial charge in [-0.1, -0.05) is 0 Å². The monoisotopic (exact) mass is 259 g/mol. The third-order valence-electron chi connectivity index (χ3n) is 5.26. The van der Waals surface area contributed by atoms with Crippen LogP contribution in [0.5, 0.6) is 0 Å². The lowest BCUT2D eigenvalue weighted by molar-refractivity contribution is -0.0528. The number of aliphatic hydroxyl groups excluding tert-OH is 1. The van der Waals surface area contributed by atoms with E-state index >= 15 is 0 Å². The highest BCUT2D eigenvalue weighted by Gasteiger charge is 2.50. The summed E-state index contributed by atoms with van der Waals surface area (Å²) in [5.74, 6) is 3.12. The van der Waals surface area contributed by atoms with Gasteiger partial charge < -0.3 is 10.4 Å². The first kappa shape index (κ1) is 13.6. The summed E-state index contributed by atoms with van der Waals surface area (Å²) in [5, 5.41) is 12.6. The van der Waals surface area contributed by atoms with Gasteiger partial charge in [0.05, 0.1) is 6.61 Å². The zero-order chi connectivity index (χ0) is 11.2.